The fourth-order valence-corrected chi connectivity index (χ4v) is 8.44. The number of carbonyl (C=O) groups is 3. The van der Waals surface area contributed by atoms with Crippen molar-refractivity contribution in [3.05, 3.63) is 20.2 Å². The Bertz CT molecular complexity index is 1080. The second-order valence-electron chi connectivity index (χ2n) is 14.3. The Kier molecular flexibility index (Phi) is 11.8. The quantitative estimate of drug-likeness (QED) is 0.126. The van der Waals surface area contributed by atoms with Crippen molar-refractivity contribution in [1.29, 1.82) is 0 Å². The molecule has 14 nitrogen and oxygen atoms in total. The zero-order valence-corrected chi connectivity index (χ0v) is 26.3. The molecule has 0 saturated heterocycles. The highest BCUT2D eigenvalue weighted by atomic mass is 17.2. The smallest absolute Gasteiger partial charge is 0.310 e. The van der Waals surface area contributed by atoms with E-state index in [1.54, 1.807) is 0 Å². The van der Waals surface area contributed by atoms with Crippen LogP contribution in [0.3, 0.4) is 0 Å². The number of rotatable bonds is 12. The van der Waals surface area contributed by atoms with Gasteiger partial charge in [-0.15, -0.1) is 0 Å². The summed E-state index contributed by atoms with van der Waals surface area (Å²) in [6.45, 7) is 4.70. The number of nitro groups is 2. The van der Waals surface area contributed by atoms with E-state index >= 15 is 0 Å². The highest BCUT2D eigenvalue weighted by molar-refractivity contribution is 5.81. The van der Waals surface area contributed by atoms with Crippen LogP contribution in [0.5, 0.6) is 0 Å². The second kappa shape index (κ2) is 15.1. The first-order valence-electron chi connectivity index (χ1n) is 16.5. The minimum Gasteiger partial charge on any atom is -0.481 e. The van der Waals surface area contributed by atoms with E-state index in [-0.39, 0.29) is 55.8 Å². The number of esters is 1. The lowest BCUT2D eigenvalue weighted by Crippen LogP contribution is -2.42. The van der Waals surface area contributed by atoms with E-state index in [4.69, 9.17) is 14.5 Å². The van der Waals surface area contributed by atoms with Gasteiger partial charge in [-0.05, 0) is 87.4 Å². The van der Waals surface area contributed by atoms with Crippen LogP contribution in [-0.2, 0) is 28.9 Å². The van der Waals surface area contributed by atoms with E-state index in [0.717, 1.165) is 38.5 Å². The third kappa shape index (κ3) is 8.69. The van der Waals surface area contributed by atoms with Crippen molar-refractivity contribution < 1.29 is 49.0 Å². The van der Waals surface area contributed by atoms with Gasteiger partial charge in [0.15, 0.2) is 0 Å². The van der Waals surface area contributed by atoms with Crippen LogP contribution >= 0.6 is 0 Å². The summed E-state index contributed by atoms with van der Waals surface area (Å²) < 4.78 is 5.78. The summed E-state index contributed by atoms with van der Waals surface area (Å²) in [5.41, 5.74) is 0.0560. The molecule has 0 bridgehead atoms. The molecule has 0 heterocycles. The molecule has 2 N–H and O–H groups in total. The average Bonchev–Trinajstić information content (AvgIpc) is 3.01. The van der Waals surface area contributed by atoms with Gasteiger partial charge in [-0.1, -0.05) is 13.8 Å². The molecule has 4 rings (SSSR count). The van der Waals surface area contributed by atoms with E-state index in [1.807, 2.05) is 0 Å². The van der Waals surface area contributed by atoms with E-state index in [0.29, 0.717) is 37.5 Å². The summed E-state index contributed by atoms with van der Waals surface area (Å²) in [7, 11) is 0. The maximum absolute atomic E-state index is 12.9. The third-order valence-electron chi connectivity index (χ3n) is 11.5. The Balaban J connectivity index is 1.17. The van der Waals surface area contributed by atoms with Gasteiger partial charge < -0.3 is 14.9 Å². The van der Waals surface area contributed by atoms with Gasteiger partial charge in [-0.2, -0.15) is 0 Å². The topological polar surface area (TPSA) is 206 Å². The number of carboxylic acid groups (broad SMARTS) is 2. The molecule has 0 aromatic rings. The lowest BCUT2D eigenvalue weighted by molar-refractivity contribution is -0.528. The van der Waals surface area contributed by atoms with Crippen LogP contribution in [0, 0.1) is 61.2 Å². The lowest BCUT2D eigenvalue weighted by Gasteiger charge is -2.46. The fraction of sp³-hybridized carbons (Fsp3) is 0.903. The normalized spacial score (nSPS) is 36.0. The predicted molar refractivity (Wildman–Crippen MR) is 157 cm³/mol. The summed E-state index contributed by atoms with van der Waals surface area (Å²) in [4.78, 5) is 69.0. The summed E-state index contributed by atoms with van der Waals surface area (Å²) >= 11 is 0. The molecular weight excluding hydrogens is 592 g/mol. The zero-order chi connectivity index (χ0) is 32.9. The summed E-state index contributed by atoms with van der Waals surface area (Å²) in [6, 6.07) is -1.77. The molecule has 4 aliphatic rings. The van der Waals surface area contributed by atoms with Gasteiger partial charge in [0, 0.05) is 35.5 Å². The molecule has 45 heavy (non-hydrogen) atoms. The van der Waals surface area contributed by atoms with Crippen LogP contribution in [0.1, 0.15) is 104 Å². The zero-order valence-electron chi connectivity index (χ0n) is 26.3. The molecule has 4 saturated carbocycles. The number of aliphatic carboxylic acids is 2. The molecule has 4 aliphatic carbocycles. The predicted octanol–water partition coefficient (Wildman–Crippen LogP) is 4.91. The van der Waals surface area contributed by atoms with E-state index in [2.05, 4.69) is 13.8 Å². The Hall–Kier alpha value is -2.87. The maximum atomic E-state index is 12.9. The molecule has 0 aromatic carbocycles. The molecule has 14 heteroatoms. The highest BCUT2D eigenvalue weighted by Crippen LogP contribution is 2.49. The number of hydrogen-bond acceptors (Lipinski definition) is 10. The monoisotopic (exact) mass is 640 g/mol. The van der Waals surface area contributed by atoms with Gasteiger partial charge >= 0.3 is 17.9 Å². The van der Waals surface area contributed by atoms with Crippen molar-refractivity contribution in [2.75, 3.05) is 6.61 Å². The van der Waals surface area contributed by atoms with Gasteiger partial charge in [0.05, 0.1) is 30.5 Å². The van der Waals surface area contributed by atoms with Crippen molar-refractivity contribution in [2.24, 2.45) is 40.9 Å². The SMILES string of the molecule is CC(C)(C1CCC(OOCC2CCC([N+](=O)[O-])CC2C(=O)O)CC1)C1CCC(OC(=O)C2CCC([N+](=O)[O-])CC2C(=O)O)CC1. The van der Waals surface area contributed by atoms with Crippen molar-refractivity contribution >= 4 is 17.9 Å². The first-order valence-corrected chi connectivity index (χ1v) is 16.5. The Morgan fingerprint density at radius 1 is 0.689 bits per heavy atom. The van der Waals surface area contributed by atoms with Crippen molar-refractivity contribution in [1.82, 2.24) is 0 Å². The molecule has 6 unspecified atom stereocenters. The average molecular weight is 641 g/mol. The van der Waals surface area contributed by atoms with E-state index < -0.39 is 57.6 Å². The highest BCUT2D eigenvalue weighted by Gasteiger charge is 2.46. The van der Waals surface area contributed by atoms with Crippen LogP contribution in [-0.4, -0.2) is 68.9 Å². The van der Waals surface area contributed by atoms with Crippen molar-refractivity contribution in [2.45, 2.75) is 128 Å². The maximum Gasteiger partial charge on any atom is 0.310 e. The lowest BCUT2D eigenvalue weighted by atomic mass is 9.60. The van der Waals surface area contributed by atoms with Gasteiger partial charge in [-0.25, -0.2) is 9.78 Å². The molecule has 0 spiro atoms. The molecule has 0 aliphatic heterocycles. The molecular formula is C31H48N2O12. The first kappa shape index (κ1) is 35.0. The summed E-state index contributed by atoms with van der Waals surface area (Å²) in [5, 5.41) is 41.4. The number of carbonyl (C=O) groups excluding carboxylic acids is 1. The molecule has 0 amide bonds. The van der Waals surface area contributed by atoms with Crippen LogP contribution in [0.15, 0.2) is 0 Å². The number of nitrogens with zero attached hydrogens (tertiary/aromatic N) is 2. The molecule has 6 atom stereocenters. The Morgan fingerprint density at radius 3 is 1.69 bits per heavy atom. The Morgan fingerprint density at radius 2 is 1.18 bits per heavy atom. The number of ether oxygens (including phenoxy) is 1. The van der Waals surface area contributed by atoms with Gasteiger partial charge in [0.25, 0.3) is 0 Å². The minimum absolute atomic E-state index is 0.0129. The van der Waals surface area contributed by atoms with Crippen LogP contribution in [0.2, 0.25) is 0 Å². The largest absolute Gasteiger partial charge is 0.481 e. The van der Waals surface area contributed by atoms with Gasteiger partial charge in [0.2, 0.25) is 12.1 Å². The summed E-state index contributed by atoms with van der Waals surface area (Å²) in [5.74, 6) is -4.93. The van der Waals surface area contributed by atoms with Crippen molar-refractivity contribution in [3.8, 4) is 0 Å². The van der Waals surface area contributed by atoms with E-state index in [9.17, 15) is 44.8 Å². The second-order valence-corrected chi connectivity index (χ2v) is 14.3. The minimum atomic E-state index is -1.19. The first-order chi connectivity index (χ1) is 21.3. The standard InChI is InChI=1S/C31H48N2O12/c1-31(2,19-4-10-23(11-5-19)44-30(38)25-14-9-22(33(41)42)16-27(25)29(36)37)20-6-12-24(13-7-20)45-43-17-18-3-8-21(32(39)40)15-26(18)28(34)35/h18-27H,3-17H2,1-2H3,(H,34,35)(H,36,37). The van der Waals surface area contributed by atoms with Crippen LogP contribution in [0.4, 0.5) is 0 Å². The summed E-state index contributed by atoms with van der Waals surface area (Å²) in [6.07, 6.45) is 7.35. The molecule has 0 radical (unpaired) electrons. The van der Waals surface area contributed by atoms with Crippen LogP contribution < -0.4 is 0 Å². The van der Waals surface area contributed by atoms with Crippen molar-refractivity contribution in [3.63, 3.8) is 0 Å². The number of carboxylic acids is 2. The number of hydrogen-bond donors (Lipinski definition) is 2. The molecule has 0 aromatic heterocycles. The molecule has 4 fully saturated rings. The molecule has 254 valence electrons. The van der Waals surface area contributed by atoms with E-state index in [1.165, 1.54) is 0 Å². The Labute approximate surface area is 262 Å². The van der Waals surface area contributed by atoms with Crippen LogP contribution in [0.25, 0.3) is 0 Å². The van der Waals surface area contributed by atoms with Gasteiger partial charge in [-0.3, -0.25) is 34.6 Å². The van der Waals surface area contributed by atoms with Gasteiger partial charge in [0.1, 0.15) is 6.10 Å². The fourth-order valence-electron chi connectivity index (χ4n) is 8.44. The third-order valence-corrected chi connectivity index (χ3v) is 11.5.